The van der Waals surface area contributed by atoms with Gasteiger partial charge in [0.25, 0.3) is 0 Å². The van der Waals surface area contributed by atoms with Gasteiger partial charge in [-0.1, -0.05) is 24.3 Å². The fourth-order valence-electron chi connectivity index (χ4n) is 4.24. The first-order chi connectivity index (χ1) is 16.0. The van der Waals surface area contributed by atoms with Crippen LogP contribution in [-0.4, -0.2) is 55.5 Å². The molecule has 2 aliphatic rings. The number of fused-ring (bicyclic) bond motifs is 1. The molecule has 0 aliphatic carbocycles. The van der Waals surface area contributed by atoms with Gasteiger partial charge in [-0.3, -0.25) is 0 Å². The second kappa shape index (κ2) is 10.3. The highest BCUT2D eigenvalue weighted by molar-refractivity contribution is 7.89. The molecule has 0 spiro atoms. The van der Waals surface area contributed by atoms with Crippen LogP contribution in [0.15, 0.2) is 59.5 Å². The van der Waals surface area contributed by atoms with Crippen LogP contribution in [0.25, 0.3) is 0 Å². The third kappa shape index (κ3) is 5.17. The molecule has 1 fully saturated rings. The number of sulfonamides is 1. The number of hydrogen-bond donors (Lipinski definition) is 1. The molecule has 5 rings (SSSR count). The molecule has 0 bridgehead atoms. The number of rotatable bonds is 5. The van der Waals surface area contributed by atoms with Crippen molar-refractivity contribution in [3.63, 3.8) is 0 Å². The maximum Gasteiger partial charge on any atom is 0.243 e. The molecule has 2 aromatic carbocycles. The minimum atomic E-state index is -3.52. The molecule has 1 N–H and O–H groups in total. The van der Waals surface area contributed by atoms with Gasteiger partial charge in [-0.2, -0.15) is 9.29 Å². The van der Waals surface area contributed by atoms with Crippen molar-refractivity contribution in [2.45, 2.75) is 24.8 Å². The molecule has 8 nitrogen and oxygen atoms in total. The van der Waals surface area contributed by atoms with Crippen molar-refractivity contribution in [1.82, 2.24) is 14.3 Å². The smallest absolute Gasteiger partial charge is 0.243 e. The lowest BCUT2D eigenvalue weighted by Crippen LogP contribution is -2.40. The van der Waals surface area contributed by atoms with Gasteiger partial charge in [-0.15, -0.1) is 12.4 Å². The predicted molar refractivity (Wildman–Crippen MR) is 135 cm³/mol. The number of benzene rings is 2. The molecule has 0 saturated carbocycles. The van der Waals surface area contributed by atoms with Crippen LogP contribution < -0.4 is 10.2 Å². The van der Waals surface area contributed by atoms with Gasteiger partial charge < -0.3 is 15.0 Å². The number of aryl methyl sites for hydroxylation is 1. The van der Waals surface area contributed by atoms with Crippen LogP contribution in [0.5, 0.6) is 0 Å². The summed E-state index contributed by atoms with van der Waals surface area (Å²) in [5.74, 6) is 1.37. The van der Waals surface area contributed by atoms with Crippen molar-refractivity contribution >= 4 is 39.9 Å². The molecule has 10 heteroatoms. The van der Waals surface area contributed by atoms with Crippen LogP contribution in [0.2, 0.25) is 0 Å². The van der Waals surface area contributed by atoms with Crippen LogP contribution >= 0.6 is 12.4 Å². The Morgan fingerprint density at radius 2 is 1.65 bits per heavy atom. The van der Waals surface area contributed by atoms with Gasteiger partial charge in [-0.05, 0) is 48.7 Å². The van der Waals surface area contributed by atoms with Gasteiger partial charge in [0, 0.05) is 43.6 Å². The molecule has 0 amide bonds. The fraction of sp³-hybridized carbons (Fsp3) is 0.333. The molecule has 0 unspecified atom stereocenters. The lowest BCUT2D eigenvalue weighted by atomic mass is 10.00. The van der Waals surface area contributed by atoms with Gasteiger partial charge >= 0.3 is 0 Å². The van der Waals surface area contributed by atoms with E-state index in [0.29, 0.717) is 32.3 Å². The highest BCUT2D eigenvalue weighted by Gasteiger charge is 2.26. The van der Waals surface area contributed by atoms with Crippen LogP contribution in [0, 0.1) is 6.92 Å². The molecule has 0 radical (unpaired) electrons. The van der Waals surface area contributed by atoms with E-state index in [9.17, 15) is 8.42 Å². The normalized spacial score (nSPS) is 16.4. The van der Waals surface area contributed by atoms with Crippen molar-refractivity contribution in [2.75, 3.05) is 43.1 Å². The Bertz CT molecular complexity index is 1250. The number of nitrogens with one attached hydrogen (secondary N) is 1. The minimum Gasteiger partial charge on any atom is -0.379 e. The number of ether oxygens (including phenoxy) is 1. The second-order valence-corrected chi connectivity index (χ2v) is 10.2. The zero-order valence-corrected chi connectivity index (χ0v) is 20.6. The summed E-state index contributed by atoms with van der Waals surface area (Å²) in [4.78, 5) is 11.8. The molecule has 1 saturated heterocycles. The van der Waals surface area contributed by atoms with Crippen LogP contribution in [-0.2, 0) is 27.7 Å². The second-order valence-electron chi connectivity index (χ2n) is 8.30. The van der Waals surface area contributed by atoms with Gasteiger partial charge in [0.1, 0.15) is 5.82 Å². The highest BCUT2D eigenvalue weighted by Crippen LogP contribution is 2.26. The largest absolute Gasteiger partial charge is 0.379 e. The van der Waals surface area contributed by atoms with Gasteiger partial charge in [0.05, 0.1) is 18.1 Å². The van der Waals surface area contributed by atoms with E-state index in [1.54, 1.807) is 24.3 Å². The Hall–Kier alpha value is -2.72. The van der Waals surface area contributed by atoms with Crippen molar-refractivity contribution in [2.24, 2.45) is 0 Å². The van der Waals surface area contributed by atoms with Crippen LogP contribution in [0.3, 0.4) is 0 Å². The number of morpholine rings is 1. The third-order valence-electron chi connectivity index (χ3n) is 6.01. The Labute approximate surface area is 206 Å². The average Bonchev–Trinajstić information content (AvgIpc) is 2.84. The van der Waals surface area contributed by atoms with Gasteiger partial charge in [-0.25, -0.2) is 13.4 Å². The van der Waals surface area contributed by atoms with E-state index in [0.717, 1.165) is 36.7 Å². The lowest BCUT2D eigenvalue weighted by molar-refractivity contribution is 0.0730. The fourth-order valence-corrected chi connectivity index (χ4v) is 5.64. The number of halogens is 1. The van der Waals surface area contributed by atoms with Crippen LogP contribution in [0.1, 0.15) is 16.8 Å². The summed E-state index contributed by atoms with van der Waals surface area (Å²) in [6.07, 6.45) is 0.987. The summed E-state index contributed by atoms with van der Waals surface area (Å²) >= 11 is 0. The van der Waals surface area contributed by atoms with E-state index in [4.69, 9.17) is 9.72 Å². The molecule has 2 aliphatic heterocycles. The first-order valence-corrected chi connectivity index (χ1v) is 12.6. The summed E-state index contributed by atoms with van der Waals surface area (Å²) in [5, 5.41) is 3.22. The van der Waals surface area contributed by atoms with Crippen molar-refractivity contribution in [1.29, 1.82) is 0 Å². The van der Waals surface area contributed by atoms with E-state index in [1.807, 2.05) is 13.0 Å². The zero-order chi connectivity index (χ0) is 22.8. The van der Waals surface area contributed by atoms with E-state index in [-0.39, 0.29) is 17.3 Å². The van der Waals surface area contributed by atoms with Crippen molar-refractivity contribution in [3.8, 4) is 0 Å². The summed E-state index contributed by atoms with van der Waals surface area (Å²) in [6, 6.07) is 17.2. The zero-order valence-electron chi connectivity index (χ0n) is 19.0. The SMILES string of the molecule is Cc1cc(N2CCc3ccccc3C2)nc(Nc2ccc(S(=O)(=O)N3CCOCC3)cc2)n1.Cl. The van der Waals surface area contributed by atoms with Gasteiger partial charge in [0.15, 0.2) is 0 Å². The van der Waals surface area contributed by atoms with E-state index in [1.165, 1.54) is 15.4 Å². The Morgan fingerprint density at radius 1 is 0.941 bits per heavy atom. The lowest BCUT2D eigenvalue weighted by Gasteiger charge is -2.30. The maximum atomic E-state index is 12.8. The molecule has 3 heterocycles. The van der Waals surface area contributed by atoms with E-state index < -0.39 is 10.0 Å². The molecule has 3 aromatic rings. The molecule has 0 atom stereocenters. The quantitative estimate of drug-likeness (QED) is 0.572. The molecular formula is C24H28ClN5O3S. The minimum absolute atomic E-state index is 0. The van der Waals surface area contributed by atoms with E-state index in [2.05, 4.69) is 39.5 Å². The molecule has 34 heavy (non-hydrogen) atoms. The summed E-state index contributed by atoms with van der Waals surface area (Å²) in [7, 11) is -3.52. The number of anilines is 3. The number of hydrogen-bond acceptors (Lipinski definition) is 7. The summed E-state index contributed by atoms with van der Waals surface area (Å²) in [5.41, 5.74) is 4.32. The van der Waals surface area contributed by atoms with E-state index >= 15 is 0 Å². The molecular weight excluding hydrogens is 474 g/mol. The summed E-state index contributed by atoms with van der Waals surface area (Å²) in [6.45, 7) is 5.28. The van der Waals surface area contributed by atoms with Crippen molar-refractivity contribution in [3.05, 3.63) is 71.4 Å². The predicted octanol–water partition coefficient (Wildman–Crippen LogP) is 3.53. The average molecular weight is 502 g/mol. The topological polar surface area (TPSA) is 87.7 Å². The molecule has 180 valence electrons. The number of aromatic nitrogens is 2. The maximum absolute atomic E-state index is 12.8. The molecule has 1 aromatic heterocycles. The summed E-state index contributed by atoms with van der Waals surface area (Å²) < 4.78 is 32.4. The van der Waals surface area contributed by atoms with Crippen molar-refractivity contribution < 1.29 is 13.2 Å². The Morgan fingerprint density at radius 3 is 2.38 bits per heavy atom. The van der Waals surface area contributed by atoms with Gasteiger partial charge in [0.2, 0.25) is 16.0 Å². The van der Waals surface area contributed by atoms with Crippen LogP contribution in [0.4, 0.5) is 17.5 Å². The number of nitrogens with zero attached hydrogens (tertiary/aromatic N) is 4. The first kappa shape index (κ1) is 24.4. The Kier molecular flexibility index (Phi) is 7.37. The highest BCUT2D eigenvalue weighted by atomic mass is 35.5. The third-order valence-corrected chi connectivity index (χ3v) is 7.93. The monoisotopic (exact) mass is 501 g/mol. The Balaban J connectivity index is 0.00000274. The standard InChI is InChI=1S/C24H27N5O3S.ClH/c1-18-16-23(28-11-10-19-4-2-3-5-20(19)17-28)27-24(25-18)26-21-6-8-22(9-7-21)33(30,31)29-12-14-32-15-13-29;/h2-9,16H,10-15,17H2,1H3,(H,25,26,27);1H. The first-order valence-electron chi connectivity index (χ1n) is 11.1.